The first-order valence-electron chi connectivity index (χ1n) is 12.3. The molecule has 2 saturated heterocycles. The van der Waals surface area contributed by atoms with E-state index in [0.29, 0.717) is 26.0 Å². The van der Waals surface area contributed by atoms with Crippen molar-refractivity contribution in [3.63, 3.8) is 0 Å². The maximum Gasteiger partial charge on any atom is 0.411 e. The third-order valence-corrected chi connectivity index (χ3v) is 5.73. The summed E-state index contributed by atoms with van der Waals surface area (Å²) in [5.41, 5.74) is -1.22. The predicted octanol–water partition coefficient (Wildman–Crippen LogP) is 2.75. The van der Waals surface area contributed by atoms with Crippen LogP contribution in [0, 0.1) is 0 Å². The third kappa shape index (κ3) is 12.6. The van der Waals surface area contributed by atoms with Crippen LogP contribution >= 0.6 is 0 Å². The first kappa shape index (κ1) is 32.6. The summed E-state index contributed by atoms with van der Waals surface area (Å²) in [6, 6.07) is -1.67. The van der Waals surface area contributed by atoms with Gasteiger partial charge in [0.2, 0.25) is 0 Å². The minimum absolute atomic E-state index is 0.00851. The van der Waals surface area contributed by atoms with Crippen molar-refractivity contribution in [2.24, 2.45) is 0 Å². The van der Waals surface area contributed by atoms with Crippen molar-refractivity contribution in [1.29, 1.82) is 0 Å². The summed E-state index contributed by atoms with van der Waals surface area (Å²) in [5, 5.41) is 8.93. The molecule has 0 bridgehead atoms. The predicted molar refractivity (Wildman–Crippen MR) is 137 cm³/mol. The van der Waals surface area contributed by atoms with Crippen LogP contribution in [0.3, 0.4) is 0 Å². The van der Waals surface area contributed by atoms with Gasteiger partial charge >= 0.3 is 24.1 Å². The van der Waals surface area contributed by atoms with E-state index in [2.05, 4.69) is 19.6 Å². The lowest BCUT2D eigenvalue weighted by Gasteiger charge is -2.35. The molecule has 2 atom stereocenters. The van der Waals surface area contributed by atoms with E-state index in [1.807, 2.05) is 0 Å². The second kappa shape index (κ2) is 13.4. The van der Waals surface area contributed by atoms with Crippen LogP contribution in [-0.4, -0.2) is 116 Å². The maximum absolute atomic E-state index is 12.2. The van der Waals surface area contributed by atoms with Gasteiger partial charge in [0.1, 0.15) is 11.2 Å². The van der Waals surface area contributed by atoms with Crippen LogP contribution in [0.4, 0.5) is 9.59 Å². The van der Waals surface area contributed by atoms with Crippen molar-refractivity contribution in [3.8, 4) is 0 Å². The second-order valence-electron chi connectivity index (χ2n) is 12.0. The Morgan fingerprint density at radius 1 is 0.811 bits per heavy atom. The molecule has 0 spiro atoms. The largest absolute Gasteiger partial charge is 0.480 e. The van der Waals surface area contributed by atoms with Gasteiger partial charge in [-0.05, 0) is 41.5 Å². The summed E-state index contributed by atoms with van der Waals surface area (Å²) in [5.74, 6) is -1.49. The molecule has 1 N–H and O–H groups in total. The molecule has 2 fully saturated rings. The average Bonchev–Trinajstić information content (AvgIpc) is 2.75. The number of morpholine rings is 2. The minimum Gasteiger partial charge on any atom is -0.480 e. The highest BCUT2D eigenvalue weighted by Crippen LogP contribution is 2.17. The number of rotatable bonds is 4. The molecule has 2 rings (SSSR count). The summed E-state index contributed by atoms with van der Waals surface area (Å²) in [7, 11) is -1.49. The van der Waals surface area contributed by atoms with Crippen LogP contribution in [0.5, 0.6) is 0 Å². The van der Waals surface area contributed by atoms with Crippen LogP contribution in [0.2, 0.25) is 19.6 Å². The van der Waals surface area contributed by atoms with Crippen molar-refractivity contribution in [1.82, 2.24) is 9.80 Å². The molecule has 2 aliphatic rings. The Morgan fingerprint density at radius 3 is 1.59 bits per heavy atom. The van der Waals surface area contributed by atoms with Gasteiger partial charge in [-0.25, -0.2) is 19.2 Å². The van der Waals surface area contributed by atoms with Crippen LogP contribution in [0.25, 0.3) is 0 Å². The maximum atomic E-state index is 12.2. The lowest BCUT2D eigenvalue weighted by Crippen LogP contribution is -2.54. The molecule has 0 aromatic heterocycles. The molecule has 12 nitrogen and oxygen atoms in total. The zero-order chi connectivity index (χ0) is 28.6. The molecule has 0 radical (unpaired) electrons. The molecular formula is C24H44N2O10Si. The quantitative estimate of drug-likeness (QED) is 0.317. The summed E-state index contributed by atoms with van der Waals surface area (Å²) in [6.45, 7) is 18.4. The highest BCUT2D eigenvalue weighted by atomic mass is 28.3. The van der Waals surface area contributed by atoms with E-state index in [0.717, 1.165) is 0 Å². The number of carbonyl (C=O) groups excluding carboxylic acids is 3. The fourth-order valence-corrected chi connectivity index (χ4v) is 3.64. The van der Waals surface area contributed by atoms with Gasteiger partial charge in [0.25, 0.3) is 0 Å². The van der Waals surface area contributed by atoms with E-state index < -0.39 is 55.5 Å². The molecule has 0 saturated carbocycles. The molecule has 2 unspecified atom stereocenters. The molecule has 37 heavy (non-hydrogen) atoms. The van der Waals surface area contributed by atoms with Gasteiger partial charge in [0.05, 0.1) is 40.7 Å². The molecule has 0 aromatic rings. The van der Waals surface area contributed by atoms with E-state index in [1.165, 1.54) is 9.80 Å². The van der Waals surface area contributed by atoms with Crippen LogP contribution < -0.4 is 0 Å². The monoisotopic (exact) mass is 548 g/mol. The highest BCUT2D eigenvalue weighted by molar-refractivity contribution is 6.76. The Labute approximate surface area is 220 Å². The highest BCUT2D eigenvalue weighted by Gasteiger charge is 2.37. The normalized spacial score (nSPS) is 20.8. The van der Waals surface area contributed by atoms with Gasteiger partial charge in [0, 0.05) is 13.1 Å². The van der Waals surface area contributed by atoms with Crippen molar-refractivity contribution < 1.29 is 48.0 Å². The number of aliphatic carboxylic acids is 1. The molecule has 2 amide bonds. The zero-order valence-corrected chi connectivity index (χ0v) is 24.6. The molecular weight excluding hydrogens is 504 g/mol. The van der Waals surface area contributed by atoms with Gasteiger partial charge in [-0.3, -0.25) is 9.80 Å². The lowest BCUT2D eigenvalue weighted by molar-refractivity contribution is -0.154. The number of nitrogens with zero attached hydrogens (tertiary/aromatic N) is 2. The Balaban J connectivity index is 0.000000384. The Bertz CT molecular complexity index is 801. The summed E-state index contributed by atoms with van der Waals surface area (Å²) >= 11 is 0. The van der Waals surface area contributed by atoms with Crippen LogP contribution in [0.15, 0.2) is 0 Å². The van der Waals surface area contributed by atoms with Crippen LogP contribution in [-0.2, 0) is 33.3 Å². The average molecular weight is 549 g/mol. The molecule has 2 heterocycles. The minimum atomic E-state index is -1.49. The Kier molecular flexibility index (Phi) is 11.8. The molecule has 0 aromatic carbocycles. The van der Waals surface area contributed by atoms with E-state index in [4.69, 9.17) is 28.8 Å². The standard InChI is InChI=1S/C14H27NO5Si.C10H17NO5/c1-14(2,3)20-13(17)15-7-8-18-9-11(15)12(16)19-10-21(4,5)6;1-10(2,3)16-9(14)11-4-5-15-6-7(11)8(12)13/h11H,7-10H2,1-6H3;7H,4-6H2,1-3H3,(H,12,13). The molecule has 2 aliphatic heterocycles. The van der Waals surface area contributed by atoms with Crippen molar-refractivity contribution >= 4 is 32.2 Å². The zero-order valence-electron chi connectivity index (χ0n) is 23.6. The van der Waals surface area contributed by atoms with Gasteiger partial charge in [-0.2, -0.15) is 0 Å². The number of hydrogen-bond donors (Lipinski definition) is 1. The SMILES string of the molecule is CC(C)(C)OC(=O)N1CCOCC1C(=O)O.CC(C)(C)OC(=O)N1CCOCC1C(=O)OC[Si](C)(C)C. The van der Waals surface area contributed by atoms with Gasteiger partial charge in [0.15, 0.2) is 12.1 Å². The van der Waals surface area contributed by atoms with Crippen molar-refractivity contribution in [2.45, 2.75) is 84.5 Å². The fourth-order valence-electron chi connectivity index (χ4n) is 3.07. The summed E-state index contributed by atoms with van der Waals surface area (Å²) in [6.07, 6.45) is -0.672. The lowest BCUT2D eigenvalue weighted by atomic mass is 10.2. The van der Waals surface area contributed by atoms with E-state index in [1.54, 1.807) is 41.5 Å². The summed E-state index contributed by atoms with van der Waals surface area (Å²) < 4.78 is 26.1. The first-order valence-corrected chi connectivity index (χ1v) is 16.1. The fraction of sp³-hybridized carbons (Fsp3) is 0.833. The number of ether oxygens (including phenoxy) is 5. The summed E-state index contributed by atoms with van der Waals surface area (Å²) in [4.78, 5) is 49.6. The van der Waals surface area contributed by atoms with E-state index in [-0.39, 0.29) is 19.8 Å². The Morgan fingerprint density at radius 2 is 1.22 bits per heavy atom. The van der Waals surface area contributed by atoms with E-state index in [9.17, 15) is 19.2 Å². The smallest absolute Gasteiger partial charge is 0.411 e. The number of hydrogen-bond acceptors (Lipinski definition) is 9. The number of carboxylic acid groups (broad SMARTS) is 1. The number of carboxylic acids is 1. The van der Waals surface area contributed by atoms with Gasteiger partial charge < -0.3 is 28.8 Å². The number of esters is 1. The van der Waals surface area contributed by atoms with Crippen molar-refractivity contribution in [3.05, 3.63) is 0 Å². The third-order valence-electron chi connectivity index (χ3n) is 4.72. The van der Waals surface area contributed by atoms with E-state index >= 15 is 0 Å². The first-order chi connectivity index (χ1) is 16.8. The van der Waals surface area contributed by atoms with Gasteiger partial charge in [-0.1, -0.05) is 19.6 Å². The number of amides is 2. The molecule has 0 aliphatic carbocycles. The topological polar surface area (TPSA) is 141 Å². The molecule has 214 valence electrons. The van der Waals surface area contributed by atoms with Crippen LogP contribution in [0.1, 0.15) is 41.5 Å². The van der Waals surface area contributed by atoms with Crippen molar-refractivity contribution in [2.75, 3.05) is 45.7 Å². The molecule has 13 heteroatoms. The Hall–Kier alpha value is -2.38. The number of carbonyl (C=O) groups is 4. The van der Waals surface area contributed by atoms with Gasteiger partial charge in [-0.15, -0.1) is 0 Å². The second-order valence-corrected chi connectivity index (χ2v) is 17.4.